The number of nitrogen functional groups attached to an aromatic ring is 1. The van der Waals surface area contributed by atoms with E-state index in [0.717, 1.165) is 44.3 Å². The van der Waals surface area contributed by atoms with E-state index >= 15 is 0 Å². The van der Waals surface area contributed by atoms with Crippen molar-refractivity contribution < 1.29 is 9.47 Å². The van der Waals surface area contributed by atoms with Crippen molar-refractivity contribution in [1.29, 1.82) is 0 Å². The molecule has 4 rings (SSSR count). The number of pyridine rings is 1. The third-order valence-corrected chi connectivity index (χ3v) is 5.68. The van der Waals surface area contributed by atoms with Crippen molar-refractivity contribution in [3.8, 4) is 11.5 Å². The van der Waals surface area contributed by atoms with Crippen LogP contribution in [0, 0.1) is 0 Å². The number of allylic oxidation sites excluding steroid dienone is 4. The molecular weight excluding hydrogens is 404 g/mol. The second-order valence-corrected chi connectivity index (χ2v) is 7.84. The summed E-state index contributed by atoms with van der Waals surface area (Å²) in [4.78, 5) is 5.48. The highest BCUT2D eigenvalue weighted by Crippen LogP contribution is 2.42. The summed E-state index contributed by atoms with van der Waals surface area (Å²) < 4.78 is 10.7. The zero-order chi connectivity index (χ0) is 21.8. The smallest absolute Gasteiger partial charge is 0.124 e. The molecule has 31 heavy (non-hydrogen) atoms. The maximum atomic E-state index is 5.99. The Morgan fingerprint density at radius 3 is 1.97 bits per heavy atom. The van der Waals surface area contributed by atoms with E-state index in [4.69, 9.17) is 27.4 Å². The third-order valence-electron chi connectivity index (χ3n) is 5.39. The molecule has 156 valence electrons. The summed E-state index contributed by atoms with van der Waals surface area (Å²) in [6.07, 6.45) is 4.97. The van der Waals surface area contributed by atoms with Gasteiger partial charge in [-0.05, 0) is 59.2 Å². The Hall–Kier alpha value is -3.44. The lowest BCUT2D eigenvalue weighted by atomic mass is 9.78. The van der Waals surface area contributed by atoms with Crippen LogP contribution in [0.15, 0.2) is 84.5 Å². The number of nitrogens with two attached hydrogens (primary N) is 1. The molecule has 0 fully saturated rings. The molecule has 5 heteroatoms. The van der Waals surface area contributed by atoms with E-state index in [9.17, 15) is 0 Å². The molecule has 1 aromatic heterocycles. The van der Waals surface area contributed by atoms with Crippen LogP contribution in [0.3, 0.4) is 0 Å². The lowest BCUT2D eigenvalue weighted by Gasteiger charge is -2.26. The largest absolute Gasteiger partial charge is 0.497 e. The molecule has 0 atom stereocenters. The molecule has 1 heterocycles. The first-order chi connectivity index (χ1) is 15.1. The highest BCUT2D eigenvalue weighted by molar-refractivity contribution is 7.80. The van der Waals surface area contributed by atoms with Crippen molar-refractivity contribution in [1.82, 2.24) is 4.98 Å². The summed E-state index contributed by atoms with van der Waals surface area (Å²) in [5.41, 5.74) is 11.3. The first-order valence-corrected chi connectivity index (χ1v) is 10.5. The predicted octanol–water partition coefficient (Wildman–Crippen LogP) is 5.60. The normalized spacial score (nSPS) is 13.6. The molecule has 0 saturated carbocycles. The van der Waals surface area contributed by atoms with E-state index in [2.05, 4.69) is 41.4 Å². The fraction of sp³-hybridized carbons (Fsp3) is 0.154. The number of hydrogen-bond acceptors (Lipinski definition) is 5. The minimum atomic E-state index is -0.0375. The number of anilines is 1. The average Bonchev–Trinajstić information content (AvgIpc) is 2.80. The fourth-order valence-corrected chi connectivity index (χ4v) is 4.08. The van der Waals surface area contributed by atoms with Crippen LogP contribution in [0.1, 0.15) is 29.2 Å². The average molecular weight is 429 g/mol. The molecule has 4 nitrogen and oxygen atoms in total. The molecule has 1 aliphatic carbocycles. The van der Waals surface area contributed by atoms with Gasteiger partial charge in [-0.15, -0.1) is 0 Å². The van der Waals surface area contributed by atoms with Gasteiger partial charge in [0.2, 0.25) is 0 Å². The molecule has 0 amide bonds. The molecule has 2 N–H and O–H groups in total. The van der Waals surface area contributed by atoms with Crippen LogP contribution in [0.25, 0.3) is 5.57 Å². The van der Waals surface area contributed by atoms with E-state index in [1.54, 1.807) is 20.3 Å². The first kappa shape index (κ1) is 20.8. The number of ether oxygens (including phenoxy) is 2. The van der Waals surface area contributed by atoms with Crippen molar-refractivity contribution in [2.45, 2.75) is 12.3 Å². The first-order valence-electron chi connectivity index (χ1n) is 10.0. The highest BCUT2D eigenvalue weighted by Gasteiger charge is 2.26. The molecule has 0 bridgehead atoms. The van der Waals surface area contributed by atoms with Crippen molar-refractivity contribution in [2.75, 3.05) is 20.0 Å². The van der Waals surface area contributed by atoms with Gasteiger partial charge in [-0.3, -0.25) is 0 Å². The number of thiocarbonyl (C=S) groups is 1. The second kappa shape index (κ2) is 9.14. The van der Waals surface area contributed by atoms with Crippen molar-refractivity contribution in [3.05, 3.63) is 101 Å². The van der Waals surface area contributed by atoms with Crippen LogP contribution in [-0.2, 0) is 0 Å². The van der Waals surface area contributed by atoms with Gasteiger partial charge in [0.05, 0.1) is 19.9 Å². The van der Waals surface area contributed by atoms with Gasteiger partial charge in [0, 0.05) is 22.8 Å². The highest BCUT2D eigenvalue weighted by atomic mass is 32.1. The van der Waals surface area contributed by atoms with Gasteiger partial charge in [0.15, 0.2) is 0 Å². The molecule has 3 aromatic rings. The number of aromatic nitrogens is 1. The Morgan fingerprint density at radius 2 is 1.45 bits per heavy atom. The Morgan fingerprint density at radius 1 is 0.871 bits per heavy atom. The Bertz CT molecular complexity index is 1100. The third kappa shape index (κ3) is 4.52. The summed E-state index contributed by atoms with van der Waals surface area (Å²) in [6, 6.07) is 22.0. The van der Waals surface area contributed by atoms with Gasteiger partial charge in [0.25, 0.3) is 0 Å². The zero-order valence-electron chi connectivity index (χ0n) is 17.5. The molecule has 0 unspecified atom stereocenters. The summed E-state index contributed by atoms with van der Waals surface area (Å²) >= 11 is 5.60. The van der Waals surface area contributed by atoms with Crippen LogP contribution in [-0.4, -0.2) is 24.1 Å². The molecule has 0 saturated heterocycles. The van der Waals surface area contributed by atoms with E-state index in [0.29, 0.717) is 12.2 Å². The monoisotopic (exact) mass is 428 g/mol. The van der Waals surface area contributed by atoms with E-state index in [1.807, 2.05) is 36.4 Å². The molecule has 1 aliphatic rings. The van der Waals surface area contributed by atoms with Crippen LogP contribution in [0.2, 0.25) is 0 Å². The van der Waals surface area contributed by atoms with Crippen molar-refractivity contribution in [2.24, 2.45) is 0 Å². The van der Waals surface area contributed by atoms with Crippen LogP contribution < -0.4 is 15.2 Å². The molecular formula is C26H24N2O2S. The van der Waals surface area contributed by atoms with Gasteiger partial charge in [-0.25, -0.2) is 4.98 Å². The standard InChI is InChI=1S/C26H24N2O2S/c1-29-19-10-6-17(7-11-19)26(18-8-12-20(30-2)13-9-18)23-16-21(31)14-15-22(23)24-4-3-5-25(27)28-24/h3-13,15-16,26H,14H2,1-2H3,(H2,27,28). The minimum Gasteiger partial charge on any atom is -0.497 e. The Kier molecular flexibility index (Phi) is 6.14. The van der Waals surface area contributed by atoms with Crippen LogP contribution >= 0.6 is 12.2 Å². The van der Waals surface area contributed by atoms with Crippen LogP contribution in [0.4, 0.5) is 5.82 Å². The summed E-state index contributed by atoms with van der Waals surface area (Å²) in [5.74, 6) is 2.10. The van der Waals surface area contributed by atoms with E-state index in [1.165, 1.54) is 0 Å². The zero-order valence-corrected chi connectivity index (χ0v) is 18.4. The maximum absolute atomic E-state index is 5.99. The minimum absolute atomic E-state index is 0.0375. The second-order valence-electron chi connectivity index (χ2n) is 7.31. The number of nitrogens with zero attached hydrogens (tertiary/aromatic N) is 1. The molecule has 2 aromatic carbocycles. The van der Waals surface area contributed by atoms with Crippen LogP contribution in [0.5, 0.6) is 11.5 Å². The number of hydrogen-bond donors (Lipinski definition) is 1. The summed E-state index contributed by atoms with van der Waals surface area (Å²) in [7, 11) is 3.34. The molecule has 0 radical (unpaired) electrons. The summed E-state index contributed by atoms with van der Waals surface area (Å²) in [6.45, 7) is 0. The van der Waals surface area contributed by atoms with Crippen molar-refractivity contribution in [3.63, 3.8) is 0 Å². The Balaban J connectivity index is 1.87. The summed E-state index contributed by atoms with van der Waals surface area (Å²) in [5, 5.41) is 0. The maximum Gasteiger partial charge on any atom is 0.124 e. The molecule has 0 aliphatic heterocycles. The number of methoxy groups -OCH3 is 2. The number of benzene rings is 2. The van der Waals surface area contributed by atoms with E-state index < -0.39 is 0 Å². The predicted molar refractivity (Wildman–Crippen MR) is 130 cm³/mol. The SMILES string of the molecule is COc1ccc(C(C2=CC(=S)CC=C2c2cccc(N)n2)c2ccc(OC)cc2)cc1. The Labute approximate surface area is 188 Å². The van der Waals surface area contributed by atoms with Gasteiger partial charge in [0.1, 0.15) is 17.3 Å². The van der Waals surface area contributed by atoms with Gasteiger partial charge >= 0.3 is 0 Å². The lowest BCUT2D eigenvalue weighted by Crippen LogP contribution is -2.12. The number of rotatable bonds is 6. The van der Waals surface area contributed by atoms with Gasteiger partial charge < -0.3 is 15.2 Å². The van der Waals surface area contributed by atoms with Gasteiger partial charge in [-0.1, -0.05) is 48.6 Å². The quantitative estimate of drug-likeness (QED) is 0.518. The topological polar surface area (TPSA) is 57.4 Å². The lowest BCUT2D eigenvalue weighted by molar-refractivity contribution is 0.414. The van der Waals surface area contributed by atoms with Crippen molar-refractivity contribution >= 4 is 28.5 Å². The van der Waals surface area contributed by atoms with Gasteiger partial charge in [-0.2, -0.15) is 0 Å². The molecule has 0 spiro atoms. The fourth-order valence-electron chi connectivity index (χ4n) is 3.87. The van der Waals surface area contributed by atoms with E-state index in [-0.39, 0.29) is 5.92 Å².